The van der Waals surface area contributed by atoms with Crippen LogP contribution in [0.5, 0.6) is 0 Å². The van der Waals surface area contributed by atoms with Crippen LogP contribution in [-0.2, 0) is 11.2 Å². The minimum atomic E-state index is -0.675. The van der Waals surface area contributed by atoms with Crippen LogP contribution in [0.1, 0.15) is 5.56 Å². The van der Waals surface area contributed by atoms with Crippen LogP contribution in [0.4, 0.5) is 8.78 Å². The van der Waals surface area contributed by atoms with Gasteiger partial charge in [-0.1, -0.05) is 28.1 Å². The van der Waals surface area contributed by atoms with Crippen LogP contribution in [0, 0.1) is 11.6 Å². The van der Waals surface area contributed by atoms with Gasteiger partial charge in [0.05, 0.1) is 5.75 Å². The van der Waals surface area contributed by atoms with E-state index in [-0.39, 0.29) is 23.5 Å². The van der Waals surface area contributed by atoms with Crippen LogP contribution < -0.4 is 0 Å². The maximum absolute atomic E-state index is 13.4. The molecule has 0 N–H and O–H groups in total. The fourth-order valence-electron chi connectivity index (χ4n) is 1.67. The second kappa shape index (κ2) is 6.99. The van der Waals surface area contributed by atoms with Crippen LogP contribution in [0.2, 0.25) is 0 Å². The van der Waals surface area contributed by atoms with Crippen LogP contribution in [0.25, 0.3) is 0 Å². The minimum Gasteiger partial charge on any atom is -0.298 e. The zero-order valence-corrected chi connectivity index (χ0v) is 12.8. The van der Waals surface area contributed by atoms with Gasteiger partial charge in [0.25, 0.3) is 0 Å². The van der Waals surface area contributed by atoms with Gasteiger partial charge in [-0.3, -0.25) is 4.79 Å². The number of Topliss-reactive ketones (excluding diaryl/α,β-unsaturated/α-hetero) is 1. The zero-order valence-electron chi connectivity index (χ0n) is 10.4. The number of thioether (sulfide) groups is 1. The molecule has 0 bridgehead atoms. The predicted octanol–water partition coefficient (Wildman–Crippen LogP) is 4.63. The Morgan fingerprint density at radius 1 is 1.10 bits per heavy atom. The third-order valence-corrected chi connectivity index (χ3v) is 4.18. The Kier molecular flexibility index (Phi) is 5.31. The number of carbonyl (C=O) groups excluding carboxylic acids is 1. The second-order valence-electron chi connectivity index (χ2n) is 4.16. The molecule has 0 saturated carbocycles. The lowest BCUT2D eigenvalue weighted by Gasteiger charge is -2.05. The van der Waals surface area contributed by atoms with Crippen molar-refractivity contribution >= 4 is 33.5 Å². The molecule has 20 heavy (non-hydrogen) atoms. The molecule has 0 spiro atoms. The summed E-state index contributed by atoms with van der Waals surface area (Å²) in [7, 11) is 0. The summed E-state index contributed by atoms with van der Waals surface area (Å²) < 4.78 is 27.8. The van der Waals surface area contributed by atoms with Crippen molar-refractivity contribution in [2.75, 3.05) is 5.75 Å². The number of hydrogen-bond donors (Lipinski definition) is 0. The maximum atomic E-state index is 13.4. The number of carbonyl (C=O) groups is 1. The highest BCUT2D eigenvalue weighted by molar-refractivity contribution is 9.10. The quantitative estimate of drug-likeness (QED) is 0.726. The van der Waals surface area contributed by atoms with E-state index in [9.17, 15) is 13.6 Å². The van der Waals surface area contributed by atoms with E-state index in [0.717, 1.165) is 21.5 Å². The summed E-state index contributed by atoms with van der Waals surface area (Å²) in [4.78, 5) is 12.7. The lowest BCUT2D eigenvalue weighted by atomic mass is 10.1. The molecule has 2 rings (SSSR count). The molecule has 0 aromatic heterocycles. The Morgan fingerprint density at radius 2 is 1.75 bits per heavy atom. The molecule has 0 radical (unpaired) electrons. The van der Waals surface area contributed by atoms with E-state index >= 15 is 0 Å². The first-order valence-corrected chi connectivity index (χ1v) is 7.67. The smallest absolute Gasteiger partial charge is 0.147 e. The van der Waals surface area contributed by atoms with Crippen molar-refractivity contribution in [2.24, 2.45) is 0 Å². The van der Waals surface area contributed by atoms with Gasteiger partial charge < -0.3 is 0 Å². The Balaban J connectivity index is 1.96. The molecule has 0 aliphatic rings. The summed E-state index contributed by atoms with van der Waals surface area (Å²) in [6.07, 6.45) is -0.223. The average molecular weight is 357 g/mol. The molecule has 2 aromatic carbocycles. The van der Waals surface area contributed by atoms with E-state index < -0.39 is 11.6 Å². The summed E-state index contributed by atoms with van der Waals surface area (Å²) in [5.41, 5.74) is -0.160. The van der Waals surface area contributed by atoms with Gasteiger partial charge in [0, 0.05) is 21.4 Å². The van der Waals surface area contributed by atoms with Gasteiger partial charge in [-0.15, -0.1) is 11.8 Å². The Hall–Kier alpha value is -1.20. The summed E-state index contributed by atoms with van der Waals surface area (Å²) in [6, 6.07) is 11.1. The Morgan fingerprint density at radius 3 is 2.40 bits per heavy atom. The van der Waals surface area contributed by atoms with E-state index in [1.54, 1.807) is 0 Å². The number of halogens is 3. The number of ketones is 1. The van der Waals surface area contributed by atoms with Crippen molar-refractivity contribution < 1.29 is 13.6 Å². The highest BCUT2D eigenvalue weighted by Crippen LogP contribution is 2.22. The number of rotatable bonds is 5. The molecule has 2 aromatic rings. The highest BCUT2D eigenvalue weighted by Gasteiger charge is 2.13. The monoisotopic (exact) mass is 356 g/mol. The molecule has 1 nitrogen and oxygen atoms in total. The molecule has 0 amide bonds. The third-order valence-electron chi connectivity index (χ3n) is 2.63. The van der Waals surface area contributed by atoms with Crippen molar-refractivity contribution in [3.63, 3.8) is 0 Å². The maximum Gasteiger partial charge on any atom is 0.147 e. The van der Waals surface area contributed by atoms with Crippen LogP contribution in [0.3, 0.4) is 0 Å². The molecule has 0 fully saturated rings. The van der Waals surface area contributed by atoms with Gasteiger partial charge in [-0.25, -0.2) is 8.78 Å². The van der Waals surface area contributed by atoms with Crippen LogP contribution in [-0.4, -0.2) is 11.5 Å². The molecule has 0 atom stereocenters. The molecule has 0 saturated heterocycles. The van der Waals surface area contributed by atoms with Gasteiger partial charge in [0.15, 0.2) is 0 Å². The molecular weight excluding hydrogens is 346 g/mol. The first-order chi connectivity index (χ1) is 9.56. The van der Waals surface area contributed by atoms with Gasteiger partial charge >= 0.3 is 0 Å². The fourth-order valence-corrected chi connectivity index (χ4v) is 3.04. The number of hydrogen-bond acceptors (Lipinski definition) is 2. The van der Waals surface area contributed by atoms with E-state index in [2.05, 4.69) is 15.9 Å². The van der Waals surface area contributed by atoms with Crippen molar-refractivity contribution in [3.8, 4) is 0 Å². The molecular formula is C15H11BrF2OS. The third kappa shape index (κ3) is 4.15. The lowest BCUT2D eigenvalue weighted by Crippen LogP contribution is -2.09. The summed E-state index contributed by atoms with van der Waals surface area (Å²) in [5.74, 6) is -1.37. The Labute approximate surface area is 128 Å². The molecule has 0 heterocycles. The lowest BCUT2D eigenvalue weighted by molar-refractivity contribution is -0.116. The van der Waals surface area contributed by atoms with Gasteiger partial charge in [-0.05, 0) is 30.3 Å². The van der Waals surface area contributed by atoms with Gasteiger partial charge in [0.2, 0.25) is 0 Å². The fraction of sp³-hybridized carbons (Fsp3) is 0.133. The van der Waals surface area contributed by atoms with Crippen molar-refractivity contribution in [1.82, 2.24) is 0 Å². The van der Waals surface area contributed by atoms with Crippen molar-refractivity contribution in [3.05, 3.63) is 64.1 Å². The minimum absolute atomic E-state index is 0.160. The van der Waals surface area contributed by atoms with E-state index in [4.69, 9.17) is 0 Å². The largest absolute Gasteiger partial charge is 0.298 e. The van der Waals surface area contributed by atoms with E-state index in [1.165, 1.54) is 17.8 Å². The van der Waals surface area contributed by atoms with Crippen molar-refractivity contribution in [2.45, 2.75) is 11.3 Å². The predicted molar refractivity (Wildman–Crippen MR) is 79.9 cm³/mol. The molecule has 0 aliphatic carbocycles. The SMILES string of the molecule is O=C(CSc1cccc(Br)c1)Cc1c(F)cccc1F. The topological polar surface area (TPSA) is 17.1 Å². The van der Waals surface area contributed by atoms with Crippen LogP contribution in [0.15, 0.2) is 51.8 Å². The summed E-state index contributed by atoms with van der Waals surface area (Å²) in [6.45, 7) is 0. The van der Waals surface area contributed by atoms with Crippen LogP contribution >= 0.6 is 27.7 Å². The Bertz CT molecular complexity index is 611. The summed E-state index contributed by atoms with van der Waals surface area (Å²) in [5, 5.41) is 0. The zero-order chi connectivity index (χ0) is 14.5. The highest BCUT2D eigenvalue weighted by atomic mass is 79.9. The molecule has 5 heteroatoms. The van der Waals surface area contributed by atoms with Gasteiger partial charge in [-0.2, -0.15) is 0 Å². The second-order valence-corrected chi connectivity index (χ2v) is 6.13. The standard InChI is InChI=1S/C15H11BrF2OS/c16-10-3-1-4-12(7-10)20-9-11(19)8-13-14(17)5-2-6-15(13)18/h1-7H,8-9H2. The van der Waals surface area contributed by atoms with E-state index in [1.807, 2.05) is 24.3 Å². The first kappa shape index (κ1) is 15.2. The molecule has 0 aliphatic heterocycles. The van der Waals surface area contributed by atoms with Crippen molar-refractivity contribution in [1.29, 1.82) is 0 Å². The average Bonchev–Trinajstić information content (AvgIpc) is 2.41. The van der Waals surface area contributed by atoms with Gasteiger partial charge in [0.1, 0.15) is 17.4 Å². The normalized spacial score (nSPS) is 10.6. The molecule has 104 valence electrons. The summed E-state index contributed by atoms with van der Waals surface area (Å²) >= 11 is 4.69. The molecule has 0 unspecified atom stereocenters. The number of benzene rings is 2. The van der Waals surface area contributed by atoms with E-state index in [0.29, 0.717) is 0 Å². The first-order valence-electron chi connectivity index (χ1n) is 5.89.